The number of benzene rings is 3. The smallest absolute Gasteiger partial charge is 0.259 e. The zero-order valence-corrected chi connectivity index (χ0v) is 17.8. The van der Waals surface area contributed by atoms with Crippen molar-refractivity contribution in [3.8, 4) is 22.8 Å². The average molecular weight is 412 g/mol. The van der Waals surface area contributed by atoms with Gasteiger partial charge in [-0.25, -0.2) is 4.98 Å². The fourth-order valence-electron chi connectivity index (χ4n) is 3.69. The molecule has 0 unspecified atom stereocenters. The SMILES string of the molecule is CCN(C(=O)c1cc(-c2ccc(OC)c(OC)c2)nc2ccccc12)c1ccccc1. The molecule has 0 bridgehead atoms. The molecule has 4 rings (SSSR count). The van der Waals surface area contributed by atoms with Crippen LogP contribution in [0.25, 0.3) is 22.2 Å². The second-order valence-electron chi connectivity index (χ2n) is 7.03. The molecule has 1 amide bonds. The molecule has 31 heavy (non-hydrogen) atoms. The van der Waals surface area contributed by atoms with Crippen molar-refractivity contribution >= 4 is 22.5 Å². The van der Waals surface area contributed by atoms with Gasteiger partial charge in [-0.3, -0.25) is 4.79 Å². The van der Waals surface area contributed by atoms with E-state index >= 15 is 0 Å². The predicted octanol–water partition coefficient (Wildman–Crippen LogP) is 5.59. The first-order valence-electron chi connectivity index (χ1n) is 10.2. The van der Waals surface area contributed by atoms with Crippen LogP contribution in [0.4, 0.5) is 5.69 Å². The number of methoxy groups -OCH3 is 2. The highest BCUT2D eigenvalue weighted by Gasteiger charge is 2.20. The first-order valence-corrected chi connectivity index (χ1v) is 10.2. The van der Waals surface area contributed by atoms with Crippen molar-refractivity contribution in [3.05, 3.63) is 84.4 Å². The molecular weight excluding hydrogens is 388 g/mol. The number of pyridine rings is 1. The molecule has 1 heterocycles. The van der Waals surface area contributed by atoms with Gasteiger partial charge in [0.1, 0.15) is 0 Å². The summed E-state index contributed by atoms with van der Waals surface area (Å²) < 4.78 is 10.8. The molecule has 3 aromatic carbocycles. The number of hydrogen-bond acceptors (Lipinski definition) is 4. The number of para-hydroxylation sites is 2. The standard InChI is InChI=1S/C26H24N2O3/c1-4-28(19-10-6-5-7-11-19)26(29)21-17-23(27-22-13-9-8-12-20(21)22)18-14-15-24(30-2)25(16-18)31-3/h5-17H,4H2,1-3H3. The van der Waals surface area contributed by atoms with E-state index in [0.717, 1.165) is 22.2 Å². The molecule has 0 aliphatic rings. The molecule has 0 fully saturated rings. The second-order valence-corrected chi connectivity index (χ2v) is 7.03. The molecule has 0 N–H and O–H groups in total. The summed E-state index contributed by atoms with van der Waals surface area (Å²) in [5.74, 6) is 1.20. The van der Waals surface area contributed by atoms with Crippen LogP contribution in [0.3, 0.4) is 0 Å². The van der Waals surface area contributed by atoms with Crippen molar-refractivity contribution in [1.82, 2.24) is 4.98 Å². The first-order chi connectivity index (χ1) is 15.2. The molecule has 5 heteroatoms. The maximum Gasteiger partial charge on any atom is 0.259 e. The van der Waals surface area contributed by atoms with Crippen molar-refractivity contribution < 1.29 is 14.3 Å². The Morgan fingerprint density at radius 1 is 0.871 bits per heavy atom. The Kier molecular flexibility index (Phi) is 5.85. The maximum absolute atomic E-state index is 13.7. The van der Waals surface area contributed by atoms with Gasteiger partial charge in [-0.2, -0.15) is 0 Å². The van der Waals surface area contributed by atoms with E-state index in [1.165, 1.54) is 0 Å². The zero-order chi connectivity index (χ0) is 21.8. The molecule has 0 spiro atoms. The number of carbonyl (C=O) groups excluding carboxylic acids is 1. The van der Waals surface area contributed by atoms with Gasteiger partial charge in [-0.1, -0.05) is 36.4 Å². The third-order valence-corrected chi connectivity index (χ3v) is 5.26. The summed E-state index contributed by atoms with van der Waals surface area (Å²) in [6.07, 6.45) is 0. The lowest BCUT2D eigenvalue weighted by atomic mass is 10.0. The quantitative estimate of drug-likeness (QED) is 0.414. The number of fused-ring (bicyclic) bond motifs is 1. The zero-order valence-electron chi connectivity index (χ0n) is 17.8. The Hall–Kier alpha value is -3.86. The summed E-state index contributed by atoms with van der Waals surface area (Å²) in [5, 5.41) is 0.825. The lowest BCUT2D eigenvalue weighted by molar-refractivity contribution is 0.0990. The Morgan fingerprint density at radius 2 is 1.58 bits per heavy atom. The van der Waals surface area contributed by atoms with Crippen LogP contribution < -0.4 is 14.4 Å². The summed E-state index contributed by atoms with van der Waals surface area (Å²) in [6.45, 7) is 2.54. The number of rotatable bonds is 6. The highest BCUT2D eigenvalue weighted by Crippen LogP contribution is 2.33. The van der Waals surface area contributed by atoms with Gasteiger partial charge in [0.2, 0.25) is 0 Å². The minimum absolute atomic E-state index is 0.0611. The van der Waals surface area contributed by atoms with Gasteiger partial charge < -0.3 is 14.4 Å². The van der Waals surface area contributed by atoms with Crippen molar-refractivity contribution in [1.29, 1.82) is 0 Å². The van der Waals surface area contributed by atoms with Crippen molar-refractivity contribution in [2.24, 2.45) is 0 Å². The Morgan fingerprint density at radius 3 is 2.29 bits per heavy atom. The number of amides is 1. The van der Waals surface area contributed by atoms with Gasteiger partial charge in [0, 0.05) is 23.2 Å². The van der Waals surface area contributed by atoms with Crippen LogP contribution in [0.2, 0.25) is 0 Å². The number of aromatic nitrogens is 1. The number of hydrogen-bond donors (Lipinski definition) is 0. The van der Waals surface area contributed by atoms with Gasteiger partial charge >= 0.3 is 0 Å². The monoisotopic (exact) mass is 412 g/mol. The summed E-state index contributed by atoms with van der Waals surface area (Å²) in [5.41, 5.74) is 3.79. The Bertz CT molecular complexity index is 1220. The van der Waals surface area contributed by atoms with Crippen LogP contribution in [-0.4, -0.2) is 31.7 Å². The van der Waals surface area contributed by atoms with Crippen molar-refractivity contribution in [2.45, 2.75) is 6.92 Å². The van der Waals surface area contributed by atoms with Crippen LogP contribution >= 0.6 is 0 Å². The molecule has 156 valence electrons. The van der Waals surface area contributed by atoms with Crippen LogP contribution in [0.5, 0.6) is 11.5 Å². The highest BCUT2D eigenvalue weighted by atomic mass is 16.5. The molecule has 0 aliphatic heterocycles. The molecule has 0 aliphatic carbocycles. The lowest BCUT2D eigenvalue weighted by Crippen LogP contribution is -2.30. The van der Waals surface area contributed by atoms with Gasteiger partial charge in [0.25, 0.3) is 5.91 Å². The topological polar surface area (TPSA) is 51.7 Å². The lowest BCUT2D eigenvalue weighted by Gasteiger charge is -2.22. The Balaban J connectivity index is 1.87. The van der Waals surface area contributed by atoms with E-state index in [1.807, 2.05) is 85.8 Å². The van der Waals surface area contributed by atoms with Crippen LogP contribution in [0.15, 0.2) is 78.9 Å². The fourth-order valence-corrected chi connectivity index (χ4v) is 3.69. The molecule has 0 radical (unpaired) electrons. The number of nitrogens with zero attached hydrogens (tertiary/aromatic N) is 2. The van der Waals surface area contributed by atoms with E-state index in [4.69, 9.17) is 14.5 Å². The number of anilines is 1. The van der Waals surface area contributed by atoms with E-state index in [9.17, 15) is 4.79 Å². The summed E-state index contributed by atoms with van der Waals surface area (Å²) in [7, 11) is 3.20. The van der Waals surface area contributed by atoms with E-state index < -0.39 is 0 Å². The highest BCUT2D eigenvalue weighted by molar-refractivity contribution is 6.14. The van der Waals surface area contributed by atoms with Crippen molar-refractivity contribution in [3.63, 3.8) is 0 Å². The van der Waals surface area contributed by atoms with Gasteiger partial charge in [-0.05, 0) is 49.4 Å². The van der Waals surface area contributed by atoms with E-state index in [0.29, 0.717) is 29.3 Å². The first kappa shape index (κ1) is 20.4. The summed E-state index contributed by atoms with van der Waals surface area (Å²) in [6, 6.07) is 24.9. The Labute approximate surface area is 181 Å². The van der Waals surface area contributed by atoms with Gasteiger partial charge in [-0.15, -0.1) is 0 Å². The average Bonchev–Trinajstić information content (AvgIpc) is 2.83. The van der Waals surface area contributed by atoms with E-state index in [-0.39, 0.29) is 5.91 Å². The van der Waals surface area contributed by atoms with Crippen LogP contribution in [0.1, 0.15) is 17.3 Å². The molecule has 5 nitrogen and oxygen atoms in total. The van der Waals surface area contributed by atoms with Crippen molar-refractivity contribution in [2.75, 3.05) is 25.7 Å². The largest absolute Gasteiger partial charge is 0.493 e. The van der Waals surface area contributed by atoms with Crippen LogP contribution in [-0.2, 0) is 0 Å². The van der Waals surface area contributed by atoms with Gasteiger partial charge in [0.05, 0.1) is 31.0 Å². The molecular formula is C26H24N2O3. The minimum Gasteiger partial charge on any atom is -0.493 e. The third-order valence-electron chi connectivity index (χ3n) is 5.26. The molecule has 0 saturated carbocycles. The summed E-state index contributed by atoms with van der Waals surface area (Å²) >= 11 is 0. The normalized spacial score (nSPS) is 10.7. The second kappa shape index (κ2) is 8.88. The molecule has 4 aromatic rings. The summed E-state index contributed by atoms with van der Waals surface area (Å²) in [4.78, 5) is 20.2. The molecule has 1 aromatic heterocycles. The third kappa shape index (κ3) is 3.94. The number of carbonyl (C=O) groups is 1. The molecule has 0 saturated heterocycles. The minimum atomic E-state index is -0.0611. The predicted molar refractivity (Wildman–Crippen MR) is 124 cm³/mol. The molecule has 0 atom stereocenters. The fraction of sp³-hybridized carbons (Fsp3) is 0.154. The van der Waals surface area contributed by atoms with E-state index in [2.05, 4.69) is 0 Å². The van der Waals surface area contributed by atoms with Crippen LogP contribution in [0, 0.1) is 0 Å². The number of ether oxygens (including phenoxy) is 2. The maximum atomic E-state index is 13.7. The van der Waals surface area contributed by atoms with Gasteiger partial charge in [0.15, 0.2) is 11.5 Å². The van der Waals surface area contributed by atoms with E-state index in [1.54, 1.807) is 19.1 Å².